The second-order valence-electron chi connectivity index (χ2n) is 6.15. The molecule has 3 rings (SSSR count). The number of benzene rings is 1. The Morgan fingerprint density at radius 1 is 1.12 bits per heavy atom. The highest BCUT2D eigenvalue weighted by Gasteiger charge is 2.14. The largest absolute Gasteiger partial charge is 0.348 e. The van der Waals surface area contributed by atoms with E-state index in [9.17, 15) is 4.79 Å². The van der Waals surface area contributed by atoms with Gasteiger partial charge in [-0.05, 0) is 32.9 Å². The first kappa shape index (κ1) is 16.0. The number of aryl methyl sites for hydroxylation is 2. The molecule has 3 N–H and O–H groups in total. The number of H-pyrrole nitrogens is 2. The zero-order valence-corrected chi connectivity index (χ0v) is 14.1. The minimum Gasteiger partial charge on any atom is -0.348 e. The van der Waals surface area contributed by atoms with E-state index in [-0.39, 0.29) is 11.9 Å². The molecule has 6 heteroatoms. The molecule has 0 unspecified atom stereocenters. The number of aromatic amines is 2. The van der Waals surface area contributed by atoms with Crippen LogP contribution in [0.25, 0.3) is 11.3 Å². The van der Waals surface area contributed by atoms with E-state index in [1.54, 1.807) is 6.07 Å². The Morgan fingerprint density at radius 3 is 2.54 bits per heavy atom. The van der Waals surface area contributed by atoms with Crippen molar-refractivity contribution < 1.29 is 4.79 Å². The fourth-order valence-electron chi connectivity index (χ4n) is 2.56. The van der Waals surface area contributed by atoms with Crippen LogP contribution in [0.4, 0.5) is 0 Å². The summed E-state index contributed by atoms with van der Waals surface area (Å²) >= 11 is 0. The third-order valence-electron chi connectivity index (χ3n) is 3.82. The highest BCUT2D eigenvalue weighted by Crippen LogP contribution is 2.18. The van der Waals surface area contributed by atoms with Gasteiger partial charge in [-0.2, -0.15) is 10.2 Å². The smallest absolute Gasteiger partial charge is 0.269 e. The summed E-state index contributed by atoms with van der Waals surface area (Å²) in [6.07, 6.45) is 0.676. The van der Waals surface area contributed by atoms with Gasteiger partial charge in [-0.25, -0.2) is 0 Å². The highest BCUT2D eigenvalue weighted by atomic mass is 16.2. The van der Waals surface area contributed by atoms with Crippen molar-refractivity contribution in [2.75, 3.05) is 0 Å². The zero-order valence-electron chi connectivity index (χ0n) is 14.1. The summed E-state index contributed by atoms with van der Waals surface area (Å²) < 4.78 is 0. The molecule has 0 radical (unpaired) electrons. The molecule has 0 aliphatic rings. The van der Waals surface area contributed by atoms with Crippen molar-refractivity contribution >= 4 is 5.91 Å². The lowest BCUT2D eigenvalue weighted by atomic mass is 10.1. The third kappa shape index (κ3) is 3.71. The highest BCUT2D eigenvalue weighted by molar-refractivity contribution is 5.93. The van der Waals surface area contributed by atoms with Gasteiger partial charge in [0.1, 0.15) is 5.69 Å². The van der Waals surface area contributed by atoms with Crippen molar-refractivity contribution in [2.45, 2.75) is 33.2 Å². The lowest BCUT2D eigenvalue weighted by Gasteiger charge is -2.11. The Hall–Kier alpha value is -2.89. The maximum Gasteiger partial charge on any atom is 0.269 e. The molecule has 0 bridgehead atoms. The maximum atomic E-state index is 12.3. The molecule has 124 valence electrons. The van der Waals surface area contributed by atoms with E-state index >= 15 is 0 Å². The average Bonchev–Trinajstić information content (AvgIpc) is 3.17. The molecule has 0 fully saturated rings. The number of amides is 1. The van der Waals surface area contributed by atoms with Crippen LogP contribution in [0.1, 0.15) is 34.4 Å². The molecule has 3 aromatic rings. The lowest BCUT2D eigenvalue weighted by molar-refractivity contribution is 0.0935. The summed E-state index contributed by atoms with van der Waals surface area (Å²) in [6, 6.07) is 11.8. The lowest BCUT2D eigenvalue weighted by Crippen LogP contribution is -2.34. The molecule has 0 aliphatic carbocycles. The van der Waals surface area contributed by atoms with Crippen LogP contribution in [0.5, 0.6) is 0 Å². The number of carbonyl (C=O) groups excluding carboxylic acids is 1. The van der Waals surface area contributed by atoms with Crippen molar-refractivity contribution in [3.05, 3.63) is 59.0 Å². The van der Waals surface area contributed by atoms with E-state index in [0.29, 0.717) is 12.1 Å². The average molecular weight is 323 g/mol. The normalized spacial score (nSPS) is 12.1. The number of carbonyl (C=O) groups is 1. The molecule has 6 nitrogen and oxygen atoms in total. The van der Waals surface area contributed by atoms with Crippen LogP contribution in [-0.2, 0) is 6.42 Å². The van der Waals surface area contributed by atoms with Gasteiger partial charge in [0.25, 0.3) is 5.91 Å². The monoisotopic (exact) mass is 323 g/mol. The first-order chi connectivity index (χ1) is 11.5. The fourth-order valence-corrected chi connectivity index (χ4v) is 2.56. The Labute approximate surface area is 140 Å². The van der Waals surface area contributed by atoms with E-state index in [2.05, 4.69) is 25.7 Å². The molecule has 1 amide bonds. The number of nitrogens with one attached hydrogen (secondary N) is 3. The van der Waals surface area contributed by atoms with Gasteiger partial charge in [-0.15, -0.1) is 0 Å². The van der Waals surface area contributed by atoms with Crippen molar-refractivity contribution in [2.24, 2.45) is 0 Å². The van der Waals surface area contributed by atoms with E-state index in [4.69, 9.17) is 0 Å². The fraction of sp³-hybridized carbons (Fsp3) is 0.278. The molecule has 0 saturated carbocycles. The molecule has 24 heavy (non-hydrogen) atoms. The van der Waals surface area contributed by atoms with Crippen LogP contribution in [0.2, 0.25) is 0 Å². The van der Waals surface area contributed by atoms with Gasteiger partial charge in [-0.1, -0.05) is 29.8 Å². The summed E-state index contributed by atoms with van der Waals surface area (Å²) in [7, 11) is 0. The summed E-state index contributed by atoms with van der Waals surface area (Å²) in [6.45, 7) is 5.95. The molecular weight excluding hydrogens is 302 g/mol. The minimum absolute atomic E-state index is 0.0219. The van der Waals surface area contributed by atoms with Crippen LogP contribution < -0.4 is 5.32 Å². The standard InChI is InChI=1S/C18H21N5O/c1-11-4-6-14(7-5-11)16-10-17(23-22-16)18(24)19-12(2)8-15-9-13(3)20-21-15/h4-7,9-10,12H,8H2,1-3H3,(H,19,24)(H,20,21)(H,22,23)/t12-/m1/s1. The van der Waals surface area contributed by atoms with Crippen molar-refractivity contribution in [1.29, 1.82) is 0 Å². The number of nitrogens with zero attached hydrogens (tertiary/aromatic N) is 2. The van der Waals surface area contributed by atoms with Gasteiger partial charge >= 0.3 is 0 Å². The summed E-state index contributed by atoms with van der Waals surface area (Å²) in [5, 5.41) is 17.1. The Bertz CT molecular complexity index is 831. The van der Waals surface area contributed by atoms with Crippen molar-refractivity contribution in [1.82, 2.24) is 25.7 Å². The van der Waals surface area contributed by atoms with Gasteiger partial charge in [0, 0.05) is 23.7 Å². The van der Waals surface area contributed by atoms with Gasteiger partial charge in [0.2, 0.25) is 0 Å². The third-order valence-corrected chi connectivity index (χ3v) is 3.82. The van der Waals surface area contributed by atoms with Crippen LogP contribution in [0, 0.1) is 13.8 Å². The summed E-state index contributed by atoms with van der Waals surface area (Å²) in [5.74, 6) is -0.166. The van der Waals surface area contributed by atoms with Gasteiger partial charge in [0.05, 0.1) is 11.4 Å². The van der Waals surface area contributed by atoms with Gasteiger partial charge in [0.15, 0.2) is 0 Å². The van der Waals surface area contributed by atoms with Gasteiger partial charge in [-0.3, -0.25) is 15.0 Å². The predicted molar refractivity (Wildman–Crippen MR) is 92.7 cm³/mol. The molecule has 0 aliphatic heterocycles. The molecule has 2 aromatic heterocycles. The molecule has 0 saturated heterocycles. The first-order valence-corrected chi connectivity index (χ1v) is 7.95. The molecule has 0 spiro atoms. The molecular formula is C18H21N5O. The molecule has 1 aromatic carbocycles. The summed E-state index contributed by atoms with van der Waals surface area (Å²) in [5.41, 5.74) is 5.34. The second kappa shape index (κ2) is 6.70. The predicted octanol–water partition coefficient (Wildman–Crippen LogP) is 2.78. The van der Waals surface area contributed by atoms with E-state index in [1.165, 1.54) is 5.56 Å². The number of hydrogen-bond donors (Lipinski definition) is 3. The summed E-state index contributed by atoms with van der Waals surface area (Å²) in [4.78, 5) is 12.3. The van der Waals surface area contributed by atoms with E-state index in [0.717, 1.165) is 22.6 Å². The van der Waals surface area contributed by atoms with Crippen LogP contribution in [-0.4, -0.2) is 32.3 Å². The van der Waals surface area contributed by atoms with Crippen molar-refractivity contribution in [3.8, 4) is 11.3 Å². The topological polar surface area (TPSA) is 86.5 Å². The molecule has 2 heterocycles. The minimum atomic E-state index is -0.166. The maximum absolute atomic E-state index is 12.3. The van der Waals surface area contributed by atoms with E-state index < -0.39 is 0 Å². The Morgan fingerprint density at radius 2 is 1.88 bits per heavy atom. The van der Waals surface area contributed by atoms with Crippen LogP contribution in [0.15, 0.2) is 36.4 Å². The number of aromatic nitrogens is 4. The van der Waals surface area contributed by atoms with E-state index in [1.807, 2.05) is 51.1 Å². The molecule has 1 atom stereocenters. The first-order valence-electron chi connectivity index (χ1n) is 7.95. The quantitative estimate of drug-likeness (QED) is 0.675. The van der Waals surface area contributed by atoms with Crippen LogP contribution >= 0.6 is 0 Å². The van der Waals surface area contributed by atoms with Gasteiger partial charge < -0.3 is 5.32 Å². The van der Waals surface area contributed by atoms with Crippen molar-refractivity contribution in [3.63, 3.8) is 0 Å². The Balaban J connectivity index is 1.64. The zero-order chi connectivity index (χ0) is 17.1. The SMILES string of the molecule is Cc1ccc(-c2cc(C(=O)N[C@H](C)Cc3cc(C)[nH]n3)[nH]n2)cc1. The second-order valence-corrected chi connectivity index (χ2v) is 6.15. The van der Waals surface area contributed by atoms with Crippen LogP contribution in [0.3, 0.4) is 0 Å². The number of hydrogen-bond acceptors (Lipinski definition) is 3. The number of rotatable bonds is 5. The Kier molecular flexibility index (Phi) is 4.46.